The molecule has 1 aliphatic carbocycles. The van der Waals surface area contributed by atoms with Crippen molar-refractivity contribution in [2.24, 2.45) is 10.9 Å². The molecule has 3 rings (SSSR count). The molecule has 0 atom stereocenters. The fraction of sp³-hybridized carbons (Fsp3) is 0.929. The Morgan fingerprint density at radius 3 is 2.58 bits per heavy atom. The number of nitrogens with zero attached hydrogens (tertiary/aromatic N) is 3. The predicted molar refractivity (Wildman–Crippen MR) is 82.5 cm³/mol. The molecular formula is C14H26N4S. The molecule has 108 valence electrons. The summed E-state index contributed by atoms with van der Waals surface area (Å²) in [6.07, 6.45) is 5.28. The minimum atomic E-state index is 0.270. The van der Waals surface area contributed by atoms with Gasteiger partial charge in [0.05, 0.1) is 5.54 Å². The zero-order chi connectivity index (χ0) is 13.3. The second-order valence-corrected chi connectivity index (χ2v) is 7.48. The number of hydrogen-bond donors (Lipinski definition) is 1. The molecule has 2 fully saturated rings. The molecule has 0 bridgehead atoms. The van der Waals surface area contributed by atoms with Crippen LogP contribution in [0.2, 0.25) is 0 Å². The van der Waals surface area contributed by atoms with Crippen LogP contribution in [0.1, 0.15) is 32.6 Å². The average Bonchev–Trinajstić information content (AvgIpc) is 2.80. The molecule has 5 heteroatoms. The normalized spacial score (nSPS) is 37.6. The molecule has 0 unspecified atom stereocenters. The average molecular weight is 282 g/mol. The van der Waals surface area contributed by atoms with Crippen molar-refractivity contribution >= 4 is 16.9 Å². The van der Waals surface area contributed by atoms with E-state index in [4.69, 9.17) is 4.99 Å². The van der Waals surface area contributed by atoms with E-state index in [1.807, 2.05) is 11.8 Å². The third kappa shape index (κ3) is 3.26. The second-order valence-electron chi connectivity index (χ2n) is 6.51. The summed E-state index contributed by atoms with van der Waals surface area (Å²) in [6.45, 7) is 6.86. The Balaban J connectivity index is 1.55. The third-order valence-corrected chi connectivity index (χ3v) is 5.92. The van der Waals surface area contributed by atoms with Gasteiger partial charge in [-0.2, -0.15) is 0 Å². The summed E-state index contributed by atoms with van der Waals surface area (Å²) in [4.78, 5) is 7.42. The van der Waals surface area contributed by atoms with Gasteiger partial charge < -0.3 is 4.90 Å². The van der Waals surface area contributed by atoms with Crippen LogP contribution in [-0.4, -0.2) is 59.6 Å². The Morgan fingerprint density at radius 2 is 1.89 bits per heavy atom. The third-order valence-electron chi connectivity index (χ3n) is 4.78. The first-order valence-electron chi connectivity index (χ1n) is 7.58. The number of likely N-dealkylation sites (N-methyl/N-ethyl adjacent to an activating group) is 1. The van der Waals surface area contributed by atoms with E-state index in [-0.39, 0.29) is 5.54 Å². The maximum Gasteiger partial charge on any atom is 0.171 e. The maximum atomic E-state index is 5.04. The van der Waals surface area contributed by atoms with Crippen molar-refractivity contribution in [3.63, 3.8) is 0 Å². The molecule has 4 nitrogen and oxygen atoms in total. The highest BCUT2D eigenvalue weighted by atomic mass is 32.2. The quantitative estimate of drug-likeness (QED) is 0.794. The SMILES string of the molecule is CC1CCC2(CC1)CSC(NN1CCN(C)CC1)=N2. The number of rotatable bonds is 1. The first kappa shape index (κ1) is 13.7. The van der Waals surface area contributed by atoms with Gasteiger partial charge in [-0.25, -0.2) is 5.01 Å². The summed E-state index contributed by atoms with van der Waals surface area (Å²) in [5.41, 5.74) is 3.81. The molecule has 2 aliphatic heterocycles. The highest BCUT2D eigenvalue weighted by Crippen LogP contribution is 2.41. The highest BCUT2D eigenvalue weighted by molar-refractivity contribution is 8.14. The fourth-order valence-corrected chi connectivity index (χ4v) is 4.36. The van der Waals surface area contributed by atoms with Crippen LogP contribution in [0, 0.1) is 5.92 Å². The van der Waals surface area contributed by atoms with Crippen LogP contribution in [-0.2, 0) is 0 Å². The van der Waals surface area contributed by atoms with Crippen molar-refractivity contribution in [2.45, 2.75) is 38.1 Å². The van der Waals surface area contributed by atoms with Gasteiger partial charge in [-0.15, -0.1) is 0 Å². The van der Waals surface area contributed by atoms with Crippen LogP contribution in [0.4, 0.5) is 0 Å². The van der Waals surface area contributed by atoms with Gasteiger partial charge in [0.15, 0.2) is 5.17 Å². The molecule has 2 heterocycles. The van der Waals surface area contributed by atoms with Crippen LogP contribution >= 0.6 is 11.8 Å². The highest BCUT2D eigenvalue weighted by Gasteiger charge is 2.38. The molecule has 0 amide bonds. The van der Waals surface area contributed by atoms with Crippen LogP contribution in [0.25, 0.3) is 0 Å². The molecule has 0 aromatic heterocycles. The van der Waals surface area contributed by atoms with Gasteiger partial charge in [0.2, 0.25) is 0 Å². The number of piperazine rings is 1. The lowest BCUT2D eigenvalue weighted by molar-refractivity contribution is 0.131. The Hall–Kier alpha value is -0.260. The second kappa shape index (κ2) is 5.62. The van der Waals surface area contributed by atoms with E-state index in [2.05, 4.69) is 29.3 Å². The smallest absolute Gasteiger partial charge is 0.171 e. The molecule has 19 heavy (non-hydrogen) atoms. The summed E-state index contributed by atoms with van der Waals surface area (Å²) in [5, 5.41) is 3.50. The lowest BCUT2D eigenvalue weighted by atomic mass is 9.79. The number of nitrogens with one attached hydrogen (secondary N) is 1. The topological polar surface area (TPSA) is 30.9 Å². The maximum absolute atomic E-state index is 5.04. The Morgan fingerprint density at radius 1 is 1.21 bits per heavy atom. The summed E-state index contributed by atoms with van der Waals surface area (Å²) in [7, 11) is 2.19. The van der Waals surface area contributed by atoms with Crippen LogP contribution in [0.3, 0.4) is 0 Å². The zero-order valence-corrected chi connectivity index (χ0v) is 13.0. The molecule has 0 radical (unpaired) electrons. The van der Waals surface area contributed by atoms with Crippen LogP contribution < -0.4 is 5.43 Å². The Bertz CT molecular complexity index is 341. The van der Waals surface area contributed by atoms with Crippen LogP contribution in [0.15, 0.2) is 4.99 Å². The zero-order valence-electron chi connectivity index (χ0n) is 12.2. The number of thioether (sulfide) groups is 1. The standard InChI is InChI=1S/C14H26N4S/c1-12-3-5-14(6-4-12)11-19-13(15-14)16-18-9-7-17(2)8-10-18/h12H,3-11H2,1-2H3,(H,15,16). The van der Waals surface area contributed by atoms with Gasteiger partial charge in [-0.1, -0.05) is 18.7 Å². The van der Waals surface area contributed by atoms with Crippen molar-refractivity contribution < 1.29 is 0 Å². The molecule has 1 spiro atoms. The minimum Gasteiger partial charge on any atom is -0.304 e. The summed E-state index contributed by atoms with van der Waals surface area (Å²) < 4.78 is 0. The van der Waals surface area contributed by atoms with Crippen LogP contribution in [0.5, 0.6) is 0 Å². The molecular weight excluding hydrogens is 256 g/mol. The van der Waals surface area contributed by atoms with Crippen molar-refractivity contribution in [3.05, 3.63) is 0 Å². The fourth-order valence-electron chi connectivity index (χ4n) is 3.15. The van der Waals surface area contributed by atoms with Gasteiger partial charge in [0.1, 0.15) is 0 Å². The van der Waals surface area contributed by atoms with Crippen molar-refractivity contribution in [1.82, 2.24) is 15.3 Å². The van der Waals surface area contributed by atoms with Gasteiger partial charge in [0, 0.05) is 31.9 Å². The summed E-state index contributed by atoms with van der Waals surface area (Å²) >= 11 is 1.93. The monoisotopic (exact) mass is 282 g/mol. The molecule has 1 saturated heterocycles. The van der Waals surface area contributed by atoms with E-state index in [0.717, 1.165) is 32.1 Å². The van der Waals surface area contributed by atoms with E-state index >= 15 is 0 Å². The summed E-state index contributed by atoms with van der Waals surface area (Å²) in [6, 6.07) is 0. The molecule has 0 aromatic carbocycles. The number of hydrazine groups is 1. The van der Waals surface area contributed by atoms with Gasteiger partial charge in [-0.3, -0.25) is 10.4 Å². The van der Waals surface area contributed by atoms with Crippen molar-refractivity contribution in [2.75, 3.05) is 39.0 Å². The van der Waals surface area contributed by atoms with Gasteiger partial charge >= 0.3 is 0 Å². The van der Waals surface area contributed by atoms with Crippen molar-refractivity contribution in [3.8, 4) is 0 Å². The van der Waals surface area contributed by atoms with E-state index in [9.17, 15) is 0 Å². The van der Waals surface area contributed by atoms with Gasteiger partial charge in [0.25, 0.3) is 0 Å². The van der Waals surface area contributed by atoms with Gasteiger partial charge in [-0.05, 0) is 38.6 Å². The first-order valence-corrected chi connectivity index (χ1v) is 8.57. The van der Waals surface area contributed by atoms with E-state index < -0.39 is 0 Å². The number of aliphatic imine (C=N–C) groups is 1. The lowest BCUT2D eigenvalue weighted by Gasteiger charge is -2.33. The van der Waals surface area contributed by atoms with Crippen molar-refractivity contribution in [1.29, 1.82) is 0 Å². The molecule has 0 aromatic rings. The molecule has 1 saturated carbocycles. The summed E-state index contributed by atoms with van der Waals surface area (Å²) in [5.74, 6) is 2.09. The number of hydrogen-bond acceptors (Lipinski definition) is 5. The Labute approximate surface area is 121 Å². The number of amidine groups is 1. The largest absolute Gasteiger partial charge is 0.304 e. The first-order chi connectivity index (χ1) is 9.15. The van der Waals surface area contributed by atoms with E-state index in [1.165, 1.54) is 36.6 Å². The van der Waals surface area contributed by atoms with E-state index in [0.29, 0.717) is 0 Å². The van der Waals surface area contributed by atoms with E-state index in [1.54, 1.807) is 0 Å². The molecule has 1 N–H and O–H groups in total. The molecule has 3 aliphatic rings. The lowest BCUT2D eigenvalue weighted by Crippen LogP contribution is -2.51. The Kier molecular flexibility index (Phi) is 4.06. The predicted octanol–water partition coefficient (Wildman–Crippen LogP) is 1.79. The minimum absolute atomic E-state index is 0.270.